The zero-order chi connectivity index (χ0) is 10.6. The fraction of sp³-hybridized carbons (Fsp3) is 0.800. The van der Waals surface area contributed by atoms with E-state index in [1.54, 1.807) is 0 Å². The van der Waals surface area contributed by atoms with Crippen LogP contribution in [0, 0.1) is 0 Å². The first kappa shape index (κ1) is 11.2. The minimum Gasteiger partial charge on any atom is -0.315 e. The number of carbonyl (C=O) groups is 2. The van der Waals surface area contributed by atoms with Gasteiger partial charge in [-0.1, -0.05) is 6.92 Å². The Morgan fingerprint density at radius 3 is 2.36 bits per heavy atom. The summed E-state index contributed by atoms with van der Waals surface area (Å²) in [5.41, 5.74) is 0. The molecule has 0 radical (unpaired) electrons. The number of amides is 2. The standard InChI is InChI=1S/C10H18N2O2/c1-3-8(11-2)7-12-9(13)5-4-6-10(12)14/h8,11H,3-7H2,1-2H3. The summed E-state index contributed by atoms with van der Waals surface area (Å²) in [7, 11) is 1.85. The summed E-state index contributed by atoms with van der Waals surface area (Å²) >= 11 is 0. The molecule has 0 aliphatic carbocycles. The molecule has 4 heteroatoms. The third kappa shape index (κ3) is 2.54. The van der Waals surface area contributed by atoms with Gasteiger partial charge in [-0.3, -0.25) is 14.5 Å². The summed E-state index contributed by atoms with van der Waals surface area (Å²) in [6, 6.07) is 0.223. The lowest BCUT2D eigenvalue weighted by atomic mass is 10.1. The molecule has 0 saturated carbocycles. The van der Waals surface area contributed by atoms with Crippen LogP contribution >= 0.6 is 0 Å². The monoisotopic (exact) mass is 198 g/mol. The lowest BCUT2D eigenvalue weighted by Gasteiger charge is -2.28. The van der Waals surface area contributed by atoms with Crippen molar-refractivity contribution in [3.63, 3.8) is 0 Å². The fourth-order valence-corrected chi connectivity index (χ4v) is 1.65. The van der Waals surface area contributed by atoms with Gasteiger partial charge in [-0.05, 0) is 19.9 Å². The second kappa shape index (κ2) is 5.10. The zero-order valence-electron chi connectivity index (χ0n) is 8.88. The van der Waals surface area contributed by atoms with Crippen molar-refractivity contribution < 1.29 is 9.59 Å². The highest BCUT2D eigenvalue weighted by atomic mass is 16.2. The molecule has 1 atom stereocenters. The quantitative estimate of drug-likeness (QED) is 0.670. The van der Waals surface area contributed by atoms with Gasteiger partial charge in [0.25, 0.3) is 0 Å². The molecule has 0 aromatic heterocycles. The number of hydrogen-bond acceptors (Lipinski definition) is 3. The van der Waals surface area contributed by atoms with Crippen LogP contribution in [-0.4, -0.2) is 36.3 Å². The Morgan fingerprint density at radius 1 is 1.36 bits per heavy atom. The molecule has 0 spiro atoms. The number of nitrogens with one attached hydrogen (secondary N) is 1. The van der Waals surface area contributed by atoms with E-state index in [9.17, 15) is 9.59 Å². The minimum atomic E-state index is -0.0186. The van der Waals surface area contributed by atoms with Crippen LogP contribution in [0.1, 0.15) is 32.6 Å². The Kier molecular flexibility index (Phi) is 4.07. The highest BCUT2D eigenvalue weighted by molar-refractivity contribution is 5.97. The van der Waals surface area contributed by atoms with Crippen molar-refractivity contribution in [2.24, 2.45) is 0 Å². The molecular weight excluding hydrogens is 180 g/mol. The maximum atomic E-state index is 11.4. The second-order valence-corrected chi connectivity index (χ2v) is 3.65. The first-order valence-electron chi connectivity index (χ1n) is 5.19. The topological polar surface area (TPSA) is 49.4 Å². The van der Waals surface area contributed by atoms with Gasteiger partial charge < -0.3 is 5.32 Å². The Bertz CT molecular complexity index is 208. The summed E-state index contributed by atoms with van der Waals surface area (Å²) in [4.78, 5) is 24.3. The number of imide groups is 1. The predicted molar refractivity (Wildman–Crippen MR) is 53.7 cm³/mol. The predicted octanol–water partition coefficient (Wildman–Crippen LogP) is 0.524. The van der Waals surface area contributed by atoms with E-state index in [4.69, 9.17) is 0 Å². The van der Waals surface area contributed by atoms with Crippen molar-refractivity contribution >= 4 is 11.8 Å². The van der Waals surface area contributed by atoms with Crippen molar-refractivity contribution in [3.8, 4) is 0 Å². The molecule has 1 heterocycles. The Hall–Kier alpha value is -0.900. The van der Waals surface area contributed by atoms with Gasteiger partial charge in [-0.15, -0.1) is 0 Å². The molecule has 1 rings (SSSR count). The highest BCUT2D eigenvalue weighted by Crippen LogP contribution is 2.12. The molecule has 1 aliphatic rings. The van der Waals surface area contributed by atoms with Crippen LogP contribution in [-0.2, 0) is 9.59 Å². The SMILES string of the molecule is CCC(CN1C(=O)CCCC1=O)NC. The number of rotatable bonds is 4. The summed E-state index contributed by atoms with van der Waals surface area (Å²) in [5, 5.41) is 3.09. The largest absolute Gasteiger partial charge is 0.315 e. The Morgan fingerprint density at radius 2 is 1.93 bits per heavy atom. The average molecular weight is 198 g/mol. The van der Waals surface area contributed by atoms with Crippen LogP contribution < -0.4 is 5.32 Å². The maximum Gasteiger partial charge on any atom is 0.229 e. The van der Waals surface area contributed by atoms with Crippen LogP contribution in [0.25, 0.3) is 0 Å². The first-order chi connectivity index (χ1) is 6.69. The number of hydrogen-bond donors (Lipinski definition) is 1. The number of nitrogens with zero attached hydrogens (tertiary/aromatic N) is 1. The molecule has 1 aliphatic heterocycles. The summed E-state index contributed by atoms with van der Waals surface area (Å²) < 4.78 is 0. The summed E-state index contributed by atoms with van der Waals surface area (Å²) in [5.74, 6) is -0.0371. The van der Waals surface area contributed by atoms with Crippen molar-refractivity contribution in [2.45, 2.75) is 38.6 Å². The molecule has 14 heavy (non-hydrogen) atoms. The van der Waals surface area contributed by atoms with Gasteiger partial charge >= 0.3 is 0 Å². The van der Waals surface area contributed by atoms with Crippen molar-refractivity contribution in [2.75, 3.05) is 13.6 Å². The van der Waals surface area contributed by atoms with E-state index >= 15 is 0 Å². The molecule has 1 fully saturated rings. The lowest BCUT2D eigenvalue weighted by molar-refractivity contribution is -0.148. The Balaban J connectivity index is 2.55. The summed E-state index contributed by atoms with van der Waals surface area (Å²) in [6.45, 7) is 2.56. The first-order valence-corrected chi connectivity index (χ1v) is 5.19. The van der Waals surface area contributed by atoms with Crippen molar-refractivity contribution in [3.05, 3.63) is 0 Å². The van der Waals surface area contributed by atoms with Crippen LogP contribution in [0.3, 0.4) is 0 Å². The van der Waals surface area contributed by atoms with E-state index in [1.165, 1.54) is 4.90 Å². The molecule has 4 nitrogen and oxygen atoms in total. The second-order valence-electron chi connectivity index (χ2n) is 3.65. The van der Waals surface area contributed by atoms with Crippen LogP contribution in [0.4, 0.5) is 0 Å². The van der Waals surface area contributed by atoms with Gasteiger partial charge in [-0.25, -0.2) is 0 Å². The molecule has 80 valence electrons. The van der Waals surface area contributed by atoms with Crippen LogP contribution in [0.5, 0.6) is 0 Å². The molecule has 0 aromatic carbocycles. The molecule has 1 N–H and O–H groups in total. The van der Waals surface area contributed by atoms with E-state index in [-0.39, 0.29) is 17.9 Å². The number of carbonyl (C=O) groups excluding carboxylic acids is 2. The third-order valence-corrected chi connectivity index (χ3v) is 2.69. The van der Waals surface area contributed by atoms with Crippen molar-refractivity contribution in [1.29, 1.82) is 0 Å². The van der Waals surface area contributed by atoms with E-state index in [0.29, 0.717) is 25.8 Å². The summed E-state index contributed by atoms with van der Waals surface area (Å²) in [6.07, 6.45) is 2.68. The molecule has 0 aromatic rings. The zero-order valence-corrected chi connectivity index (χ0v) is 8.88. The van der Waals surface area contributed by atoms with Gasteiger partial charge in [0.15, 0.2) is 0 Å². The lowest BCUT2D eigenvalue weighted by Crippen LogP contribution is -2.47. The van der Waals surface area contributed by atoms with Gasteiger partial charge in [-0.2, -0.15) is 0 Å². The molecule has 0 bridgehead atoms. The average Bonchev–Trinajstić information content (AvgIpc) is 2.18. The number of likely N-dealkylation sites (tertiary alicyclic amines) is 1. The van der Waals surface area contributed by atoms with Gasteiger partial charge in [0.05, 0.1) is 0 Å². The number of likely N-dealkylation sites (N-methyl/N-ethyl adjacent to an activating group) is 1. The third-order valence-electron chi connectivity index (χ3n) is 2.69. The smallest absolute Gasteiger partial charge is 0.229 e. The van der Waals surface area contributed by atoms with E-state index in [0.717, 1.165) is 6.42 Å². The molecule has 1 unspecified atom stereocenters. The van der Waals surface area contributed by atoms with Crippen LogP contribution in [0.15, 0.2) is 0 Å². The van der Waals surface area contributed by atoms with E-state index < -0.39 is 0 Å². The molecule has 1 saturated heterocycles. The van der Waals surface area contributed by atoms with E-state index in [2.05, 4.69) is 5.32 Å². The van der Waals surface area contributed by atoms with E-state index in [1.807, 2.05) is 14.0 Å². The maximum absolute atomic E-state index is 11.4. The Labute approximate surface area is 84.7 Å². The normalized spacial score (nSPS) is 20.0. The highest BCUT2D eigenvalue weighted by Gasteiger charge is 2.27. The number of piperidine rings is 1. The minimum absolute atomic E-state index is 0.0186. The van der Waals surface area contributed by atoms with Gasteiger partial charge in [0.1, 0.15) is 0 Å². The van der Waals surface area contributed by atoms with Gasteiger partial charge in [0, 0.05) is 25.4 Å². The molecule has 2 amide bonds. The van der Waals surface area contributed by atoms with Gasteiger partial charge in [0.2, 0.25) is 11.8 Å². The molecular formula is C10H18N2O2. The fourth-order valence-electron chi connectivity index (χ4n) is 1.65. The van der Waals surface area contributed by atoms with Crippen LogP contribution in [0.2, 0.25) is 0 Å². The van der Waals surface area contributed by atoms with Crippen molar-refractivity contribution in [1.82, 2.24) is 10.2 Å².